The summed E-state index contributed by atoms with van der Waals surface area (Å²) in [7, 11) is 0. The Morgan fingerprint density at radius 1 is 1.50 bits per heavy atom. The first-order chi connectivity index (χ1) is 9.56. The molecule has 20 heavy (non-hydrogen) atoms. The first-order valence-electron chi connectivity index (χ1n) is 6.55. The lowest BCUT2D eigenvalue weighted by Gasteiger charge is -2.32. The molecule has 0 spiro atoms. The molecule has 0 unspecified atom stereocenters. The van der Waals surface area contributed by atoms with Crippen LogP contribution < -0.4 is 4.90 Å². The summed E-state index contributed by atoms with van der Waals surface area (Å²) in [6.07, 6.45) is 1.23. The number of carbonyl (C=O) groups excluding carboxylic acids is 2. The number of Topliss-reactive ketones (excluding diaryl/α,β-unsaturated/α-hetero) is 1. The van der Waals surface area contributed by atoms with Crippen molar-refractivity contribution in [2.45, 2.75) is 19.8 Å². The number of benzene rings is 1. The number of halogens is 1. The average Bonchev–Trinajstić information content (AvgIpc) is 2.47. The van der Waals surface area contributed by atoms with Crippen LogP contribution in [-0.4, -0.2) is 18.2 Å². The van der Waals surface area contributed by atoms with Gasteiger partial charge in [-0.25, -0.2) is 0 Å². The highest BCUT2D eigenvalue weighted by Gasteiger charge is 2.37. The van der Waals surface area contributed by atoms with E-state index in [9.17, 15) is 9.59 Å². The normalized spacial score (nSPS) is 20.4. The second kappa shape index (κ2) is 6.06. The Hall–Kier alpha value is -1.86. The van der Waals surface area contributed by atoms with Gasteiger partial charge >= 0.3 is 0 Å². The summed E-state index contributed by atoms with van der Waals surface area (Å²) in [5.41, 5.74) is 0.626. The first kappa shape index (κ1) is 14.5. The molecule has 5 heteroatoms. The largest absolute Gasteiger partial charge is 0.310 e. The number of amides is 1. The molecule has 1 saturated heterocycles. The molecule has 2 rings (SSSR count). The molecule has 0 saturated carbocycles. The Bertz CT molecular complexity index is 579. The second-order valence-electron chi connectivity index (χ2n) is 4.89. The zero-order valence-corrected chi connectivity index (χ0v) is 11.9. The van der Waals surface area contributed by atoms with Crippen molar-refractivity contribution in [1.82, 2.24) is 0 Å². The monoisotopic (exact) mass is 290 g/mol. The van der Waals surface area contributed by atoms with E-state index >= 15 is 0 Å². The van der Waals surface area contributed by atoms with E-state index in [0.717, 1.165) is 6.42 Å². The summed E-state index contributed by atoms with van der Waals surface area (Å²) in [6.45, 7) is 2.08. The van der Waals surface area contributed by atoms with Gasteiger partial charge in [0.05, 0.1) is 22.7 Å². The first-order valence-corrected chi connectivity index (χ1v) is 6.93. The quantitative estimate of drug-likeness (QED) is 0.804. The van der Waals surface area contributed by atoms with Crippen LogP contribution in [0.15, 0.2) is 24.3 Å². The van der Waals surface area contributed by atoms with Gasteiger partial charge in [-0.2, -0.15) is 5.26 Å². The van der Waals surface area contributed by atoms with Crippen LogP contribution in [0.25, 0.3) is 0 Å². The fourth-order valence-corrected chi connectivity index (χ4v) is 2.65. The van der Waals surface area contributed by atoms with Crippen LogP contribution >= 0.6 is 11.6 Å². The number of nitrogens with zero attached hydrogens (tertiary/aromatic N) is 2. The molecule has 0 bridgehead atoms. The van der Waals surface area contributed by atoms with Gasteiger partial charge in [0.25, 0.3) is 0 Å². The molecule has 0 aliphatic carbocycles. The van der Waals surface area contributed by atoms with Crippen molar-refractivity contribution in [3.63, 3.8) is 0 Å². The Kier molecular flexibility index (Phi) is 4.41. The number of carbonyl (C=O) groups is 2. The van der Waals surface area contributed by atoms with E-state index in [0.29, 0.717) is 23.7 Å². The highest BCUT2D eigenvalue weighted by Crippen LogP contribution is 2.31. The maximum atomic E-state index is 12.5. The summed E-state index contributed by atoms with van der Waals surface area (Å²) in [5, 5.41) is 9.32. The second-order valence-corrected chi connectivity index (χ2v) is 5.30. The Labute approximate surface area is 122 Å². The Morgan fingerprint density at radius 2 is 2.20 bits per heavy atom. The minimum Gasteiger partial charge on any atom is -0.310 e. The minimum absolute atomic E-state index is 0.253. The highest BCUT2D eigenvalue weighted by molar-refractivity contribution is 6.34. The van der Waals surface area contributed by atoms with Gasteiger partial charge in [0.15, 0.2) is 5.78 Å². The van der Waals surface area contributed by atoms with Gasteiger partial charge in [0.1, 0.15) is 5.92 Å². The van der Waals surface area contributed by atoms with E-state index in [4.69, 9.17) is 16.9 Å². The molecule has 1 fully saturated rings. The lowest BCUT2D eigenvalue weighted by molar-refractivity contribution is -0.135. The third-order valence-electron chi connectivity index (χ3n) is 3.55. The van der Waals surface area contributed by atoms with E-state index in [-0.39, 0.29) is 11.7 Å². The van der Waals surface area contributed by atoms with Gasteiger partial charge in [-0.3, -0.25) is 9.59 Å². The summed E-state index contributed by atoms with van der Waals surface area (Å²) in [4.78, 5) is 26.1. The van der Waals surface area contributed by atoms with E-state index in [1.165, 1.54) is 6.92 Å². The molecule has 0 N–H and O–H groups in total. The van der Waals surface area contributed by atoms with E-state index in [2.05, 4.69) is 0 Å². The number of hydrogen-bond acceptors (Lipinski definition) is 3. The van der Waals surface area contributed by atoms with Gasteiger partial charge in [-0.1, -0.05) is 23.7 Å². The van der Waals surface area contributed by atoms with Crippen molar-refractivity contribution in [1.29, 1.82) is 5.26 Å². The summed E-state index contributed by atoms with van der Waals surface area (Å²) < 4.78 is 0. The topological polar surface area (TPSA) is 61.2 Å². The van der Waals surface area contributed by atoms with Gasteiger partial charge in [0.2, 0.25) is 5.91 Å². The number of ketones is 1. The number of nitriles is 1. The lowest BCUT2D eigenvalue weighted by Crippen LogP contribution is -2.45. The fourth-order valence-electron chi connectivity index (χ4n) is 2.41. The van der Waals surface area contributed by atoms with Crippen molar-refractivity contribution < 1.29 is 9.59 Å². The van der Waals surface area contributed by atoms with Crippen LogP contribution in [0.4, 0.5) is 5.69 Å². The maximum Gasteiger partial charge on any atom is 0.237 e. The average molecular weight is 291 g/mol. The molecule has 1 aromatic carbocycles. The molecule has 1 amide bonds. The highest BCUT2D eigenvalue weighted by atomic mass is 35.5. The molecule has 1 heterocycles. The standard InChI is InChI=1S/C15H15ClN2O2/c1-10(9-17)14(19)11-5-4-8-18(15(11)20)13-7-3-2-6-12(13)16/h2-3,6-7,10-11H,4-5,8H2,1H3/t10-,11+/m1/s1. The zero-order chi connectivity index (χ0) is 14.7. The van der Waals surface area contributed by atoms with E-state index in [1.54, 1.807) is 29.2 Å². The number of piperidine rings is 1. The Morgan fingerprint density at radius 3 is 2.85 bits per heavy atom. The van der Waals surface area contributed by atoms with E-state index < -0.39 is 11.8 Å². The number of hydrogen-bond donors (Lipinski definition) is 0. The third-order valence-corrected chi connectivity index (χ3v) is 3.87. The lowest BCUT2D eigenvalue weighted by atomic mass is 9.87. The van der Waals surface area contributed by atoms with Crippen molar-refractivity contribution in [2.75, 3.05) is 11.4 Å². The molecular formula is C15H15ClN2O2. The molecule has 4 nitrogen and oxygen atoms in total. The summed E-state index contributed by atoms with van der Waals surface area (Å²) in [5.74, 6) is -2.03. The fraction of sp³-hybridized carbons (Fsp3) is 0.400. The number of rotatable bonds is 3. The summed E-state index contributed by atoms with van der Waals surface area (Å²) >= 11 is 6.11. The minimum atomic E-state index is -0.754. The van der Waals surface area contributed by atoms with Crippen LogP contribution in [0.3, 0.4) is 0 Å². The van der Waals surface area contributed by atoms with Crippen LogP contribution in [0.2, 0.25) is 5.02 Å². The molecule has 1 aliphatic rings. The van der Waals surface area contributed by atoms with E-state index in [1.807, 2.05) is 6.07 Å². The van der Waals surface area contributed by atoms with Crippen molar-refractivity contribution in [3.8, 4) is 6.07 Å². The van der Waals surface area contributed by atoms with Crippen molar-refractivity contribution >= 4 is 29.0 Å². The maximum absolute atomic E-state index is 12.5. The molecular weight excluding hydrogens is 276 g/mol. The number of anilines is 1. The van der Waals surface area contributed by atoms with Crippen LogP contribution in [0.5, 0.6) is 0 Å². The molecule has 104 valence electrons. The zero-order valence-electron chi connectivity index (χ0n) is 11.2. The smallest absolute Gasteiger partial charge is 0.237 e. The molecule has 1 aliphatic heterocycles. The van der Waals surface area contributed by atoms with Gasteiger partial charge < -0.3 is 4.90 Å². The Balaban J connectivity index is 2.26. The molecule has 1 aromatic rings. The van der Waals surface area contributed by atoms with Crippen LogP contribution in [0, 0.1) is 23.2 Å². The molecule has 0 aromatic heterocycles. The SMILES string of the molecule is C[C@H](C#N)C(=O)[C@@H]1CCCN(c2ccccc2Cl)C1=O. The predicted molar refractivity (Wildman–Crippen MR) is 76.3 cm³/mol. The number of para-hydroxylation sites is 1. The van der Waals surface area contributed by atoms with Gasteiger partial charge in [-0.15, -0.1) is 0 Å². The van der Waals surface area contributed by atoms with Gasteiger partial charge in [0, 0.05) is 6.54 Å². The summed E-state index contributed by atoms with van der Waals surface area (Å²) in [6, 6.07) is 8.98. The molecule has 0 radical (unpaired) electrons. The van der Waals surface area contributed by atoms with Crippen LogP contribution in [0.1, 0.15) is 19.8 Å². The third kappa shape index (κ3) is 2.68. The van der Waals surface area contributed by atoms with Gasteiger partial charge in [-0.05, 0) is 31.9 Å². The van der Waals surface area contributed by atoms with Crippen LogP contribution in [-0.2, 0) is 9.59 Å². The van der Waals surface area contributed by atoms with Crippen molar-refractivity contribution in [3.05, 3.63) is 29.3 Å². The predicted octanol–water partition coefficient (Wildman–Crippen LogP) is 2.81. The molecule has 2 atom stereocenters. The van der Waals surface area contributed by atoms with Crippen molar-refractivity contribution in [2.24, 2.45) is 11.8 Å².